The number of rotatable bonds is 7. The van der Waals surface area contributed by atoms with Crippen molar-refractivity contribution in [2.75, 3.05) is 25.0 Å². The summed E-state index contributed by atoms with van der Waals surface area (Å²) in [6.07, 6.45) is 5.12. The number of likely N-dealkylation sites (tertiary alicyclic amines) is 1. The number of carbonyl (C=O) groups is 2. The third-order valence-corrected chi connectivity index (χ3v) is 6.86. The Labute approximate surface area is 231 Å². The Bertz CT molecular complexity index is 1240. The minimum absolute atomic E-state index is 0.0203. The molecular formula is C29H30BrN3O3S. The molecule has 192 valence electrons. The number of amides is 2. The Morgan fingerprint density at radius 2 is 1.68 bits per heavy atom. The Kier molecular flexibility index (Phi) is 9.68. The van der Waals surface area contributed by atoms with Crippen LogP contribution in [0.4, 0.5) is 5.69 Å². The Hall–Kier alpha value is -3.23. The van der Waals surface area contributed by atoms with Crippen LogP contribution >= 0.6 is 28.1 Å². The lowest BCUT2D eigenvalue weighted by molar-refractivity contribution is 0.0761. The lowest BCUT2D eigenvalue weighted by atomic mass is 10.1. The number of nitrogens with zero attached hydrogens (tertiary/aromatic N) is 1. The quantitative estimate of drug-likeness (QED) is 0.325. The molecule has 37 heavy (non-hydrogen) atoms. The molecule has 0 radical (unpaired) electrons. The first kappa shape index (κ1) is 26.8. The molecule has 3 aromatic carbocycles. The molecule has 0 bridgehead atoms. The molecule has 0 saturated carbocycles. The van der Waals surface area contributed by atoms with Crippen LogP contribution in [0.25, 0.3) is 0 Å². The monoisotopic (exact) mass is 579 g/mol. The highest BCUT2D eigenvalue weighted by molar-refractivity contribution is 9.10. The summed E-state index contributed by atoms with van der Waals surface area (Å²) in [6, 6.07) is 22.5. The Morgan fingerprint density at radius 3 is 2.43 bits per heavy atom. The summed E-state index contributed by atoms with van der Waals surface area (Å²) >= 11 is 8.83. The molecule has 1 aliphatic heterocycles. The number of hydrogen-bond acceptors (Lipinski definition) is 4. The number of hydrogen-bond donors (Lipinski definition) is 2. The molecule has 3 aromatic rings. The van der Waals surface area contributed by atoms with Crippen LogP contribution in [0.1, 0.15) is 52.0 Å². The maximum Gasteiger partial charge on any atom is 0.261 e. The third kappa shape index (κ3) is 7.87. The molecular weight excluding hydrogens is 550 g/mol. The van der Waals surface area contributed by atoms with Gasteiger partial charge in [0.05, 0.1) is 12.2 Å². The van der Waals surface area contributed by atoms with Crippen molar-refractivity contribution in [1.29, 1.82) is 0 Å². The molecule has 1 saturated heterocycles. The predicted octanol–water partition coefficient (Wildman–Crippen LogP) is 6.21. The van der Waals surface area contributed by atoms with Gasteiger partial charge in [-0.1, -0.05) is 65.2 Å². The minimum atomic E-state index is -0.384. The summed E-state index contributed by atoms with van der Waals surface area (Å²) in [5.41, 5.74) is 2.77. The van der Waals surface area contributed by atoms with E-state index in [1.54, 1.807) is 24.3 Å². The van der Waals surface area contributed by atoms with E-state index in [0.29, 0.717) is 29.2 Å². The van der Waals surface area contributed by atoms with Crippen LogP contribution < -0.4 is 15.4 Å². The fourth-order valence-electron chi connectivity index (χ4n) is 4.25. The maximum absolute atomic E-state index is 13.1. The van der Waals surface area contributed by atoms with Crippen LogP contribution in [0.5, 0.6) is 5.75 Å². The summed E-state index contributed by atoms with van der Waals surface area (Å²) in [5.74, 6) is 0.113. The molecule has 2 amide bonds. The molecule has 4 rings (SSSR count). The molecule has 1 aliphatic rings. The van der Waals surface area contributed by atoms with Gasteiger partial charge < -0.3 is 15.0 Å². The van der Waals surface area contributed by atoms with Gasteiger partial charge in [0.1, 0.15) is 5.75 Å². The summed E-state index contributed by atoms with van der Waals surface area (Å²) in [5, 5.41) is 5.89. The van der Waals surface area contributed by atoms with E-state index in [1.165, 1.54) is 0 Å². The molecule has 0 aromatic heterocycles. The van der Waals surface area contributed by atoms with Crippen molar-refractivity contribution in [2.24, 2.45) is 0 Å². The van der Waals surface area contributed by atoms with E-state index in [0.717, 1.165) is 55.2 Å². The van der Waals surface area contributed by atoms with E-state index in [4.69, 9.17) is 17.0 Å². The molecule has 2 N–H and O–H groups in total. The van der Waals surface area contributed by atoms with Gasteiger partial charge >= 0.3 is 0 Å². The summed E-state index contributed by atoms with van der Waals surface area (Å²) in [7, 11) is 0. The van der Waals surface area contributed by atoms with E-state index < -0.39 is 0 Å². The number of benzene rings is 3. The van der Waals surface area contributed by atoms with Gasteiger partial charge in [0.25, 0.3) is 11.8 Å². The van der Waals surface area contributed by atoms with E-state index in [1.807, 2.05) is 53.4 Å². The molecule has 1 fully saturated rings. The average molecular weight is 581 g/mol. The van der Waals surface area contributed by atoms with E-state index in [-0.39, 0.29) is 16.9 Å². The van der Waals surface area contributed by atoms with Gasteiger partial charge in [-0.3, -0.25) is 14.9 Å². The van der Waals surface area contributed by atoms with Gasteiger partial charge in [-0.15, -0.1) is 0 Å². The highest BCUT2D eigenvalue weighted by Crippen LogP contribution is 2.24. The largest absolute Gasteiger partial charge is 0.492 e. The van der Waals surface area contributed by atoms with Gasteiger partial charge in [0, 0.05) is 35.2 Å². The topological polar surface area (TPSA) is 70.7 Å². The van der Waals surface area contributed by atoms with Crippen LogP contribution in [-0.4, -0.2) is 41.5 Å². The summed E-state index contributed by atoms with van der Waals surface area (Å²) < 4.78 is 6.69. The van der Waals surface area contributed by atoms with E-state index >= 15 is 0 Å². The lowest BCUT2D eigenvalue weighted by Crippen LogP contribution is -2.34. The zero-order valence-electron chi connectivity index (χ0n) is 20.5. The van der Waals surface area contributed by atoms with Gasteiger partial charge in [-0.05, 0) is 67.0 Å². The molecule has 0 atom stereocenters. The van der Waals surface area contributed by atoms with Gasteiger partial charge in [0.15, 0.2) is 5.11 Å². The second-order valence-corrected chi connectivity index (χ2v) is 10.2. The summed E-state index contributed by atoms with van der Waals surface area (Å²) in [4.78, 5) is 28.0. The predicted molar refractivity (Wildman–Crippen MR) is 154 cm³/mol. The van der Waals surface area contributed by atoms with Crippen molar-refractivity contribution in [3.05, 3.63) is 94.0 Å². The molecule has 1 heterocycles. The second kappa shape index (κ2) is 13.4. The van der Waals surface area contributed by atoms with Gasteiger partial charge in [-0.2, -0.15) is 0 Å². The van der Waals surface area contributed by atoms with Crippen LogP contribution in [-0.2, 0) is 6.42 Å². The number of nitrogens with one attached hydrogen (secondary N) is 2. The first-order valence-corrected chi connectivity index (χ1v) is 13.7. The van der Waals surface area contributed by atoms with Crippen molar-refractivity contribution in [2.45, 2.75) is 32.1 Å². The van der Waals surface area contributed by atoms with E-state index in [2.05, 4.69) is 26.6 Å². The fourth-order valence-corrected chi connectivity index (χ4v) is 4.82. The standard InChI is InChI=1S/C29H30BrN3O3S/c30-23-13-14-26(36-18-15-21-9-4-3-5-10-21)25(20-23)27(34)32-29(37)31-24-12-8-11-22(19-24)28(35)33-16-6-1-2-7-17-33/h3-5,8-14,19-20H,1-2,6-7,15-18H2,(H2,31,32,34,37). The highest BCUT2D eigenvalue weighted by Gasteiger charge is 2.18. The number of thiocarbonyl (C=S) groups is 1. The van der Waals surface area contributed by atoms with Crippen molar-refractivity contribution in [3.63, 3.8) is 0 Å². The minimum Gasteiger partial charge on any atom is -0.492 e. The first-order chi connectivity index (χ1) is 18.0. The van der Waals surface area contributed by atoms with Crippen molar-refractivity contribution in [3.8, 4) is 5.75 Å². The number of halogens is 1. The van der Waals surface area contributed by atoms with E-state index in [9.17, 15) is 9.59 Å². The number of anilines is 1. The first-order valence-electron chi connectivity index (χ1n) is 12.5. The average Bonchev–Trinajstić information content (AvgIpc) is 3.19. The van der Waals surface area contributed by atoms with Gasteiger partial charge in [0.2, 0.25) is 0 Å². The zero-order valence-corrected chi connectivity index (χ0v) is 22.9. The Balaban J connectivity index is 1.37. The van der Waals surface area contributed by atoms with Crippen molar-refractivity contribution in [1.82, 2.24) is 10.2 Å². The highest BCUT2D eigenvalue weighted by atomic mass is 79.9. The molecule has 8 heteroatoms. The lowest BCUT2D eigenvalue weighted by Gasteiger charge is -2.20. The zero-order chi connectivity index (χ0) is 26.0. The molecule has 0 aliphatic carbocycles. The smallest absolute Gasteiger partial charge is 0.261 e. The van der Waals surface area contributed by atoms with Crippen LogP contribution in [0.2, 0.25) is 0 Å². The number of ether oxygens (including phenoxy) is 1. The summed E-state index contributed by atoms with van der Waals surface area (Å²) in [6.45, 7) is 2.01. The van der Waals surface area contributed by atoms with Crippen LogP contribution in [0.3, 0.4) is 0 Å². The van der Waals surface area contributed by atoms with Crippen molar-refractivity contribution < 1.29 is 14.3 Å². The van der Waals surface area contributed by atoms with Crippen LogP contribution in [0.15, 0.2) is 77.3 Å². The molecule has 0 unspecified atom stereocenters. The van der Waals surface area contributed by atoms with Crippen molar-refractivity contribution >= 4 is 50.8 Å². The normalized spacial score (nSPS) is 13.4. The third-order valence-electron chi connectivity index (χ3n) is 6.17. The fraction of sp³-hybridized carbons (Fsp3) is 0.276. The Morgan fingerprint density at radius 1 is 0.919 bits per heavy atom. The van der Waals surface area contributed by atoms with Crippen LogP contribution in [0, 0.1) is 0 Å². The molecule has 0 spiro atoms. The maximum atomic E-state index is 13.1. The number of carbonyl (C=O) groups excluding carboxylic acids is 2. The second-order valence-electron chi connectivity index (χ2n) is 8.92. The molecule has 6 nitrogen and oxygen atoms in total. The SMILES string of the molecule is O=C(NC(=S)Nc1cccc(C(=O)N2CCCCCC2)c1)c1cc(Br)ccc1OCCc1ccccc1. The van der Waals surface area contributed by atoms with Gasteiger partial charge in [-0.25, -0.2) is 0 Å².